The summed E-state index contributed by atoms with van der Waals surface area (Å²) in [6, 6.07) is 0. The lowest BCUT2D eigenvalue weighted by molar-refractivity contribution is -0.448. The third-order valence-corrected chi connectivity index (χ3v) is 2.10. The van der Waals surface area contributed by atoms with Gasteiger partial charge in [0.25, 0.3) is 11.7 Å². The third kappa shape index (κ3) is 1.24. The minimum absolute atomic E-state index is 0.132. The number of hydrogen-bond acceptors (Lipinski definition) is 9. The zero-order valence-electron chi connectivity index (χ0n) is 6.81. The standard InChI is InChI=1S/C5H11NO8/c7-2(8)6-1-3(9,10)4(11,12)5(6,13)14/h2,7-14H,1H2. The normalized spacial score (nSPS) is 29.8. The number of hydrogen-bond donors (Lipinski definition) is 8. The van der Waals surface area contributed by atoms with Gasteiger partial charge in [-0.3, -0.25) is 0 Å². The third-order valence-electron chi connectivity index (χ3n) is 2.10. The van der Waals surface area contributed by atoms with E-state index in [1.165, 1.54) is 0 Å². The number of aliphatic hydroxyl groups is 8. The molecule has 0 unspecified atom stereocenters. The molecule has 0 aliphatic carbocycles. The van der Waals surface area contributed by atoms with E-state index in [-0.39, 0.29) is 4.90 Å². The van der Waals surface area contributed by atoms with Gasteiger partial charge in [0.1, 0.15) is 0 Å². The second kappa shape index (κ2) is 2.82. The topological polar surface area (TPSA) is 165 Å². The lowest BCUT2D eigenvalue weighted by Crippen LogP contribution is -2.65. The molecule has 0 saturated carbocycles. The van der Waals surface area contributed by atoms with Crippen LogP contribution >= 0.6 is 0 Å². The van der Waals surface area contributed by atoms with E-state index in [0.29, 0.717) is 0 Å². The summed E-state index contributed by atoms with van der Waals surface area (Å²) in [5, 5.41) is 71.0. The smallest absolute Gasteiger partial charge is 0.291 e. The molecule has 1 aliphatic rings. The largest absolute Gasteiger partial charge is 0.360 e. The van der Waals surface area contributed by atoms with E-state index >= 15 is 0 Å². The highest BCUT2D eigenvalue weighted by atomic mass is 16.7. The van der Waals surface area contributed by atoms with E-state index in [9.17, 15) is 0 Å². The Labute approximate surface area is 77.3 Å². The molecule has 9 heteroatoms. The first kappa shape index (κ1) is 11.7. The highest BCUT2D eigenvalue weighted by Gasteiger charge is 2.72. The van der Waals surface area contributed by atoms with E-state index in [1.54, 1.807) is 0 Å². The summed E-state index contributed by atoms with van der Waals surface area (Å²) < 4.78 is 0. The summed E-state index contributed by atoms with van der Waals surface area (Å²) >= 11 is 0. The van der Waals surface area contributed by atoms with Crippen LogP contribution in [0.1, 0.15) is 0 Å². The van der Waals surface area contributed by atoms with Crippen LogP contribution in [0, 0.1) is 0 Å². The fourth-order valence-corrected chi connectivity index (χ4v) is 1.17. The number of rotatable bonds is 1. The van der Waals surface area contributed by atoms with Gasteiger partial charge in [-0.05, 0) is 0 Å². The van der Waals surface area contributed by atoms with E-state index in [0.717, 1.165) is 0 Å². The molecule has 0 amide bonds. The van der Waals surface area contributed by atoms with Crippen LogP contribution in [0.5, 0.6) is 0 Å². The molecule has 1 saturated heterocycles. The van der Waals surface area contributed by atoms with Gasteiger partial charge < -0.3 is 40.9 Å². The quantitative estimate of drug-likeness (QED) is 0.198. The zero-order chi connectivity index (χ0) is 11.4. The highest BCUT2D eigenvalue weighted by Crippen LogP contribution is 2.38. The Morgan fingerprint density at radius 3 is 1.50 bits per heavy atom. The Kier molecular flexibility index (Phi) is 2.36. The van der Waals surface area contributed by atoms with Gasteiger partial charge in [-0.2, -0.15) is 4.90 Å². The van der Waals surface area contributed by atoms with Gasteiger partial charge in [0.05, 0.1) is 6.54 Å². The first-order valence-corrected chi connectivity index (χ1v) is 3.51. The van der Waals surface area contributed by atoms with Crippen LogP contribution in [0.15, 0.2) is 0 Å². The monoisotopic (exact) mass is 213 g/mol. The van der Waals surface area contributed by atoms with E-state index in [1.807, 2.05) is 0 Å². The average molecular weight is 213 g/mol. The minimum Gasteiger partial charge on any atom is -0.360 e. The second-order valence-corrected chi connectivity index (χ2v) is 3.10. The second-order valence-electron chi connectivity index (χ2n) is 3.10. The molecule has 0 aromatic carbocycles. The van der Waals surface area contributed by atoms with E-state index < -0.39 is 30.4 Å². The molecule has 0 radical (unpaired) electrons. The van der Waals surface area contributed by atoms with Crippen LogP contribution in [0.2, 0.25) is 0 Å². The molecule has 9 nitrogen and oxygen atoms in total. The summed E-state index contributed by atoms with van der Waals surface area (Å²) in [5.74, 6) is -10.6. The fraction of sp³-hybridized carbons (Fsp3) is 1.00. The number of likely N-dealkylation sites (tertiary alicyclic amines) is 1. The van der Waals surface area contributed by atoms with Crippen molar-refractivity contribution in [3.8, 4) is 0 Å². The first-order valence-electron chi connectivity index (χ1n) is 3.51. The predicted molar refractivity (Wildman–Crippen MR) is 36.4 cm³/mol. The van der Waals surface area contributed by atoms with Crippen LogP contribution in [-0.2, 0) is 0 Å². The summed E-state index contributed by atoms with van der Waals surface area (Å²) in [6.07, 6.45) is -2.50. The van der Waals surface area contributed by atoms with Crippen LogP contribution in [0.25, 0.3) is 0 Å². The van der Waals surface area contributed by atoms with Crippen molar-refractivity contribution in [3.05, 3.63) is 0 Å². The number of β-amino-alcohol motifs (C(OH)–C–C–N with tert-alkyl or cyclic N) is 2. The summed E-state index contributed by atoms with van der Waals surface area (Å²) in [7, 11) is 0. The van der Waals surface area contributed by atoms with Crippen molar-refractivity contribution in [3.63, 3.8) is 0 Å². The van der Waals surface area contributed by atoms with Crippen molar-refractivity contribution < 1.29 is 40.9 Å². The first-order chi connectivity index (χ1) is 6.04. The van der Waals surface area contributed by atoms with Gasteiger partial charge in [-0.25, -0.2) is 0 Å². The molecule has 0 aromatic rings. The Morgan fingerprint density at radius 2 is 1.36 bits per heavy atom. The Bertz CT molecular complexity index is 236. The average Bonchev–Trinajstić information content (AvgIpc) is 2.08. The van der Waals surface area contributed by atoms with Crippen molar-refractivity contribution in [2.75, 3.05) is 6.54 Å². The number of nitrogens with zero attached hydrogens (tertiary/aromatic N) is 1. The molecule has 1 fully saturated rings. The van der Waals surface area contributed by atoms with Gasteiger partial charge in [0, 0.05) is 0 Å². The van der Waals surface area contributed by atoms with Crippen molar-refractivity contribution in [1.82, 2.24) is 4.90 Å². The molecular weight excluding hydrogens is 202 g/mol. The number of aliphatic hydroxyl groups excluding tert-OH is 1. The highest BCUT2D eigenvalue weighted by molar-refractivity contribution is 5.02. The maximum Gasteiger partial charge on any atom is 0.291 e. The molecular formula is C5H11NO8. The van der Waals surface area contributed by atoms with E-state index in [4.69, 9.17) is 40.9 Å². The molecule has 1 heterocycles. The zero-order valence-corrected chi connectivity index (χ0v) is 6.81. The van der Waals surface area contributed by atoms with Crippen molar-refractivity contribution in [2.45, 2.75) is 23.9 Å². The summed E-state index contributed by atoms with van der Waals surface area (Å²) in [5.41, 5.74) is 0. The maximum absolute atomic E-state index is 9.03. The minimum atomic E-state index is -3.73. The fourth-order valence-electron chi connectivity index (χ4n) is 1.17. The van der Waals surface area contributed by atoms with Gasteiger partial charge in [-0.15, -0.1) is 0 Å². The van der Waals surface area contributed by atoms with Gasteiger partial charge in [0.2, 0.25) is 12.2 Å². The van der Waals surface area contributed by atoms with E-state index in [2.05, 4.69) is 0 Å². The lowest BCUT2D eigenvalue weighted by atomic mass is 10.1. The molecule has 8 N–H and O–H groups in total. The summed E-state index contributed by atoms with van der Waals surface area (Å²) in [6.45, 7) is -1.18. The molecule has 0 aromatic heterocycles. The van der Waals surface area contributed by atoms with Gasteiger partial charge in [0.15, 0.2) is 0 Å². The van der Waals surface area contributed by atoms with Gasteiger partial charge in [-0.1, -0.05) is 0 Å². The maximum atomic E-state index is 9.03. The Balaban J connectivity index is 3.12. The van der Waals surface area contributed by atoms with Gasteiger partial charge >= 0.3 is 0 Å². The lowest BCUT2D eigenvalue weighted by Gasteiger charge is -2.35. The van der Waals surface area contributed by atoms with Crippen LogP contribution in [0.4, 0.5) is 0 Å². The summed E-state index contributed by atoms with van der Waals surface area (Å²) in [4.78, 5) is -0.132. The SMILES string of the molecule is OC(O)N1CC(O)(O)C(O)(O)C1(O)O. The molecule has 14 heavy (non-hydrogen) atoms. The molecule has 84 valence electrons. The van der Waals surface area contributed by atoms with Crippen LogP contribution < -0.4 is 0 Å². The van der Waals surface area contributed by atoms with Crippen LogP contribution in [-0.4, -0.2) is 76.2 Å². The van der Waals surface area contributed by atoms with Crippen molar-refractivity contribution in [1.29, 1.82) is 0 Å². The van der Waals surface area contributed by atoms with Crippen LogP contribution in [0.3, 0.4) is 0 Å². The molecule has 1 rings (SSSR count). The Hall–Kier alpha value is -0.360. The van der Waals surface area contributed by atoms with Crippen molar-refractivity contribution in [2.24, 2.45) is 0 Å². The molecule has 1 aliphatic heterocycles. The molecule has 0 spiro atoms. The molecule has 0 bridgehead atoms. The Morgan fingerprint density at radius 1 is 0.929 bits per heavy atom. The molecule has 0 atom stereocenters. The van der Waals surface area contributed by atoms with Crippen molar-refractivity contribution >= 4 is 0 Å². The predicted octanol–water partition coefficient (Wildman–Crippen LogP) is -5.43.